The van der Waals surface area contributed by atoms with Crippen molar-refractivity contribution in [2.45, 2.75) is 38.3 Å². The van der Waals surface area contributed by atoms with Gasteiger partial charge in [0.15, 0.2) is 0 Å². The zero-order valence-corrected chi connectivity index (χ0v) is 14.8. The molecule has 3 aliphatic rings. The molecule has 1 saturated heterocycles. The first kappa shape index (κ1) is 16.6. The number of nitrogens with zero attached hydrogens (tertiary/aromatic N) is 3. The maximum Gasteiger partial charge on any atom is 0.236 e. The number of carbonyl (C=O) groups excluding carboxylic acids is 2. The molecule has 2 saturated carbocycles. The summed E-state index contributed by atoms with van der Waals surface area (Å²) in [6.45, 7) is 4.10. The third-order valence-corrected chi connectivity index (χ3v) is 5.50. The van der Waals surface area contributed by atoms with Crippen LogP contribution in [0.4, 0.5) is 0 Å². The van der Waals surface area contributed by atoms with Gasteiger partial charge >= 0.3 is 0 Å². The molecule has 5 heteroatoms. The summed E-state index contributed by atoms with van der Waals surface area (Å²) in [4.78, 5) is 31.1. The van der Waals surface area contributed by atoms with Crippen LogP contribution in [0.1, 0.15) is 31.2 Å². The van der Waals surface area contributed by atoms with Crippen molar-refractivity contribution in [3.63, 3.8) is 0 Å². The zero-order chi connectivity index (χ0) is 17.2. The third-order valence-electron chi connectivity index (χ3n) is 5.50. The minimum atomic E-state index is 0.210. The molecule has 3 fully saturated rings. The predicted molar refractivity (Wildman–Crippen MR) is 95.8 cm³/mol. The highest BCUT2D eigenvalue weighted by Gasteiger charge is 2.36. The van der Waals surface area contributed by atoms with Gasteiger partial charge in [0.05, 0.1) is 6.54 Å². The predicted octanol–water partition coefficient (Wildman–Crippen LogP) is 1.73. The smallest absolute Gasteiger partial charge is 0.236 e. The Kier molecular flexibility index (Phi) is 4.75. The second-order valence-corrected chi connectivity index (χ2v) is 7.60. The van der Waals surface area contributed by atoms with Crippen molar-refractivity contribution < 1.29 is 9.59 Å². The van der Waals surface area contributed by atoms with Crippen LogP contribution in [0.5, 0.6) is 0 Å². The molecule has 25 heavy (non-hydrogen) atoms. The second-order valence-electron chi connectivity index (χ2n) is 7.60. The fraction of sp³-hybridized carbons (Fsp3) is 0.600. The molecule has 0 spiro atoms. The Morgan fingerprint density at radius 3 is 2.16 bits per heavy atom. The number of benzene rings is 1. The third kappa shape index (κ3) is 4.21. The molecule has 4 rings (SSSR count). The summed E-state index contributed by atoms with van der Waals surface area (Å²) < 4.78 is 0. The van der Waals surface area contributed by atoms with E-state index in [2.05, 4.69) is 29.2 Å². The fourth-order valence-electron chi connectivity index (χ4n) is 3.61. The molecule has 1 aromatic carbocycles. The van der Waals surface area contributed by atoms with Gasteiger partial charge in [-0.1, -0.05) is 30.3 Å². The van der Waals surface area contributed by atoms with Crippen LogP contribution in [-0.4, -0.2) is 65.3 Å². The van der Waals surface area contributed by atoms with Gasteiger partial charge < -0.3 is 9.80 Å². The molecular weight excluding hydrogens is 314 g/mol. The fourth-order valence-corrected chi connectivity index (χ4v) is 3.61. The van der Waals surface area contributed by atoms with Gasteiger partial charge in [-0.3, -0.25) is 14.5 Å². The number of amides is 2. The molecule has 5 nitrogen and oxygen atoms in total. The van der Waals surface area contributed by atoms with Crippen molar-refractivity contribution in [3.8, 4) is 0 Å². The number of hydrogen-bond acceptors (Lipinski definition) is 3. The first-order valence-electron chi connectivity index (χ1n) is 9.55. The summed E-state index contributed by atoms with van der Waals surface area (Å²) in [7, 11) is 0. The van der Waals surface area contributed by atoms with Gasteiger partial charge in [-0.2, -0.15) is 0 Å². The van der Waals surface area contributed by atoms with Gasteiger partial charge in [0, 0.05) is 44.7 Å². The monoisotopic (exact) mass is 341 g/mol. The van der Waals surface area contributed by atoms with Crippen molar-refractivity contribution in [2.75, 3.05) is 32.7 Å². The maximum absolute atomic E-state index is 12.7. The molecule has 134 valence electrons. The molecule has 0 N–H and O–H groups in total. The van der Waals surface area contributed by atoms with Crippen molar-refractivity contribution in [1.29, 1.82) is 0 Å². The molecular formula is C20H27N3O2. The number of piperazine rings is 1. The summed E-state index contributed by atoms with van der Waals surface area (Å²) in [5.41, 5.74) is 1.27. The number of rotatable bonds is 6. The van der Waals surface area contributed by atoms with Crippen molar-refractivity contribution in [1.82, 2.24) is 14.7 Å². The van der Waals surface area contributed by atoms with Gasteiger partial charge in [-0.05, 0) is 31.2 Å². The van der Waals surface area contributed by atoms with E-state index >= 15 is 0 Å². The van der Waals surface area contributed by atoms with E-state index in [1.165, 1.54) is 18.4 Å². The Morgan fingerprint density at radius 2 is 1.56 bits per heavy atom. The summed E-state index contributed by atoms with van der Waals surface area (Å²) in [5.74, 6) is 0.788. The zero-order valence-electron chi connectivity index (χ0n) is 14.8. The quantitative estimate of drug-likeness (QED) is 0.791. The van der Waals surface area contributed by atoms with E-state index in [-0.39, 0.29) is 11.8 Å². The van der Waals surface area contributed by atoms with Gasteiger partial charge in [-0.15, -0.1) is 0 Å². The summed E-state index contributed by atoms with van der Waals surface area (Å²) in [6, 6.07) is 10.9. The summed E-state index contributed by atoms with van der Waals surface area (Å²) in [6.07, 6.45) is 4.50. The molecule has 1 heterocycles. The number of hydrogen-bond donors (Lipinski definition) is 0. The topological polar surface area (TPSA) is 43.9 Å². The van der Waals surface area contributed by atoms with Crippen molar-refractivity contribution in [2.24, 2.45) is 5.92 Å². The molecule has 0 radical (unpaired) electrons. The normalized spacial score (nSPS) is 20.8. The van der Waals surface area contributed by atoms with Crippen LogP contribution in [0.2, 0.25) is 0 Å². The SMILES string of the molecule is O=C(CN(Cc1ccccc1)C1CC1)N1CCN(C(=O)C2CC2)CC1. The Balaban J connectivity index is 1.29. The lowest BCUT2D eigenvalue weighted by Gasteiger charge is -2.36. The highest BCUT2D eigenvalue weighted by Crippen LogP contribution is 2.31. The van der Waals surface area contributed by atoms with Crippen LogP contribution in [0.25, 0.3) is 0 Å². The van der Waals surface area contributed by atoms with Crippen LogP contribution < -0.4 is 0 Å². The van der Waals surface area contributed by atoms with Gasteiger partial charge in [0.2, 0.25) is 11.8 Å². The summed E-state index contributed by atoms with van der Waals surface area (Å²) in [5, 5.41) is 0. The van der Waals surface area contributed by atoms with Crippen LogP contribution in [0.15, 0.2) is 30.3 Å². The Morgan fingerprint density at radius 1 is 0.920 bits per heavy atom. The first-order chi connectivity index (χ1) is 12.2. The van der Waals surface area contributed by atoms with Crippen molar-refractivity contribution >= 4 is 11.8 Å². The lowest BCUT2D eigenvalue weighted by molar-refractivity contribution is -0.141. The van der Waals surface area contributed by atoms with E-state index in [0.29, 0.717) is 44.7 Å². The highest BCUT2D eigenvalue weighted by molar-refractivity contribution is 5.82. The van der Waals surface area contributed by atoms with Crippen LogP contribution in [-0.2, 0) is 16.1 Å². The van der Waals surface area contributed by atoms with E-state index in [1.54, 1.807) is 0 Å². The second kappa shape index (κ2) is 7.16. The lowest BCUT2D eigenvalue weighted by atomic mass is 10.2. The van der Waals surface area contributed by atoms with Crippen LogP contribution in [0, 0.1) is 5.92 Å². The Labute approximate surface area is 149 Å². The molecule has 0 unspecified atom stereocenters. The lowest BCUT2D eigenvalue weighted by Crippen LogP contribution is -2.53. The average Bonchev–Trinajstić information content (AvgIpc) is 3.54. The molecule has 2 amide bonds. The molecule has 0 aromatic heterocycles. The molecule has 0 atom stereocenters. The summed E-state index contributed by atoms with van der Waals surface area (Å²) >= 11 is 0. The molecule has 1 aliphatic heterocycles. The Bertz CT molecular complexity index is 617. The van der Waals surface area contributed by atoms with Gasteiger partial charge in [0.1, 0.15) is 0 Å². The van der Waals surface area contributed by atoms with Crippen molar-refractivity contribution in [3.05, 3.63) is 35.9 Å². The molecule has 1 aromatic rings. The van der Waals surface area contributed by atoms with E-state index < -0.39 is 0 Å². The largest absolute Gasteiger partial charge is 0.339 e. The van der Waals surface area contributed by atoms with Crippen LogP contribution >= 0.6 is 0 Å². The highest BCUT2D eigenvalue weighted by atomic mass is 16.2. The van der Waals surface area contributed by atoms with E-state index in [4.69, 9.17) is 0 Å². The number of carbonyl (C=O) groups is 2. The average molecular weight is 341 g/mol. The van der Waals surface area contributed by atoms with Gasteiger partial charge in [0.25, 0.3) is 0 Å². The minimum Gasteiger partial charge on any atom is -0.339 e. The standard InChI is InChI=1S/C20H27N3O2/c24-19(21-10-12-22(13-11-21)20(25)17-6-7-17)15-23(18-8-9-18)14-16-4-2-1-3-5-16/h1-5,17-18H,6-15H2. The van der Waals surface area contributed by atoms with E-state index in [9.17, 15) is 9.59 Å². The van der Waals surface area contributed by atoms with E-state index in [0.717, 1.165) is 19.4 Å². The van der Waals surface area contributed by atoms with Gasteiger partial charge in [-0.25, -0.2) is 0 Å². The Hall–Kier alpha value is -1.88. The minimum absolute atomic E-state index is 0.210. The molecule has 2 aliphatic carbocycles. The van der Waals surface area contributed by atoms with E-state index in [1.807, 2.05) is 15.9 Å². The molecule has 0 bridgehead atoms. The first-order valence-corrected chi connectivity index (χ1v) is 9.55. The van der Waals surface area contributed by atoms with Crippen LogP contribution in [0.3, 0.4) is 0 Å². The maximum atomic E-state index is 12.7.